The molecule has 2 rings (SSSR count). The second kappa shape index (κ2) is 6.35. The smallest absolute Gasteiger partial charge is 0.267 e. The normalized spacial score (nSPS) is 10.8. The Labute approximate surface area is 123 Å². The van der Waals surface area contributed by atoms with E-state index in [-0.39, 0.29) is 5.91 Å². The summed E-state index contributed by atoms with van der Waals surface area (Å²) < 4.78 is 0. The molecule has 0 fully saturated rings. The molecule has 0 heterocycles. The minimum absolute atomic E-state index is 0.321. The molecule has 0 atom stereocenters. The molecule has 0 aliphatic carbocycles. The summed E-state index contributed by atoms with van der Waals surface area (Å²) in [5.41, 5.74) is 5.99. The van der Waals surface area contributed by atoms with Crippen molar-refractivity contribution >= 4 is 23.7 Å². The third-order valence-corrected chi connectivity index (χ3v) is 3.14. The van der Waals surface area contributed by atoms with Gasteiger partial charge in [0.1, 0.15) is 0 Å². The fourth-order valence-electron chi connectivity index (χ4n) is 1.68. The van der Waals surface area contributed by atoms with Crippen molar-refractivity contribution in [2.24, 2.45) is 5.10 Å². The van der Waals surface area contributed by atoms with Crippen molar-refractivity contribution in [3.8, 4) is 0 Å². The minimum atomic E-state index is -0.321. The Morgan fingerprint density at radius 1 is 1.10 bits per heavy atom. The zero-order valence-corrected chi connectivity index (χ0v) is 12.1. The molecular formula is C16H15ClN2O. The Bertz CT molecular complexity index is 648. The summed E-state index contributed by atoms with van der Waals surface area (Å²) in [5, 5.41) is 4.35. The molecule has 4 heteroatoms. The molecule has 1 N–H and O–H groups in total. The van der Waals surface area contributed by atoms with Crippen LogP contribution in [0.2, 0.25) is 5.02 Å². The van der Waals surface area contributed by atoms with Crippen LogP contribution < -0.4 is 5.43 Å². The number of aryl methyl sites for hydroxylation is 2. The lowest BCUT2D eigenvalue weighted by molar-refractivity contribution is 0.0955. The number of carbonyl (C=O) groups excluding carboxylic acids is 1. The molecule has 0 radical (unpaired) electrons. The van der Waals surface area contributed by atoms with Gasteiger partial charge in [-0.25, -0.2) is 5.43 Å². The van der Waals surface area contributed by atoms with Crippen molar-refractivity contribution in [2.75, 3.05) is 0 Å². The van der Waals surface area contributed by atoms with E-state index in [1.54, 1.807) is 18.3 Å². The number of hydrogen-bond donors (Lipinski definition) is 1. The maximum Gasteiger partial charge on any atom is 0.272 e. The second-order valence-electron chi connectivity index (χ2n) is 4.59. The van der Waals surface area contributed by atoms with Gasteiger partial charge in [0.15, 0.2) is 0 Å². The predicted octanol–water partition coefficient (Wildman–Crippen LogP) is 3.72. The minimum Gasteiger partial charge on any atom is -0.267 e. The molecule has 3 nitrogen and oxygen atoms in total. The Kier molecular flexibility index (Phi) is 4.53. The third kappa shape index (κ3) is 3.68. The van der Waals surface area contributed by atoms with Gasteiger partial charge in [0.25, 0.3) is 5.91 Å². The summed E-state index contributed by atoms with van der Waals surface area (Å²) in [7, 11) is 0. The fourth-order valence-corrected chi connectivity index (χ4v) is 2.00. The summed E-state index contributed by atoms with van der Waals surface area (Å²) in [6.07, 6.45) is 1.60. The van der Waals surface area contributed by atoms with Gasteiger partial charge >= 0.3 is 0 Å². The average molecular weight is 287 g/mol. The van der Waals surface area contributed by atoms with Gasteiger partial charge in [0.2, 0.25) is 0 Å². The third-order valence-electron chi connectivity index (χ3n) is 2.83. The number of carbonyl (C=O) groups is 1. The summed E-state index contributed by atoms with van der Waals surface area (Å²) >= 11 is 6.03. The van der Waals surface area contributed by atoms with E-state index in [9.17, 15) is 4.79 Å². The number of rotatable bonds is 3. The maximum atomic E-state index is 11.9. The average Bonchev–Trinajstić information content (AvgIpc) is 2.41. The summed E-state index contributed by atoms with van der Waals surface area (Å²) in [6, 6.07) is 13.1. The molecule has 0 saturated heterocycles. The summed E-state index contributed by atoms with van der Waals surface area (Å²) in [4.78, 5) is 11.9. The molecule has 102 valence electrons. The molecule has 0 unspecified atom stereocenters. The van der Waals surface area contributed by atoms with Crippen LogP contribution in [-0.4, -0.2) is 12.1 Å². The first-order valence-corrected chi connectivity index (χ1v) is 6.60. The van der Waals surface area contributed by atoms with Crippen molar-refractivity contribution in [1.82, 2.24) is 5.43 Å². The van der Waals surface area contributed by atoms with Gasteiger partial charge in [0, 0.05) is 0 Å². The van der Waals surface area contributed by atoms with E-state index in [1.807, 2.05) is 44.2 Å². The molecule has 0 aliphatic heterocycles. The molecule has 0 bridgehead atoms. The standard InChI is InChI=1S/C16H15ClN2O/c1-11-3-6-13(7-4-11)10-18-19-16(20)14-8-5-12(2)9-15(14)17/h3-10H,1-2H3,(H,19,20)/b18-10+. The number of nitrogens with one attached hydrogen (secondary N) is 1. The first kappa shape index (κ1) is 14.3. The van der Waals surface area contributed by atoms with Crippen molar-refractivity contribution in [3.05, 3.63) is 69.7 Å². The van der Waals surface area contributed by atoms with Crippen LogP contribution in [0.4, 0.5) is 0 Å². The van der Waals surface area contributed by atoms with Crippen LogP contribution in [0.3, 0.4) is 0 Å². The van der Waals surface area contributed by atoms with Gasteiger partial charge in [-0.05, 0) is 37.1 Å². The van der Waals surface area contributed by atoms with Crippen LogP contribution >= 0.6 is 11.6 Å². The Hall–Kier alpha value is -2.13. The monoisotopic (exact) mass is 286 g/mol. The van der Waals surface area contributed by atoms with Gasteiger partial charge in [-0.2, -0.15) is 5.10 Å². The molecule has 0 saturated carbocycles. The van der Waals surface area contributed by atoms with Crippen LogP contribution in [0.15, 0.2) is 47.6 Å². The van der Waals surface area contributed by atoms with E-state index < -0.39 is 0 Å². The lowest BCUT2D eigenvalue weighted by Gasteiger charge is -2.03. The highest BCUT2D eigenvalue weighted by Gasteiger charge is 2.08. The zero-order valence-electron chi connectivity index (χ0n) is 11.4. The van der Waals surface area contributed by atoms with E-state index >= 15 is 0 Å². The Morgan fingerprint density at radius 3 is 2.40 bits per heavy atom. The van der Waals surface area contributed by atoms with E-state index in [4.69, 9.17) is 11.6 Å². The van der Waals surface area contributed by atoms with E-state index in [2.05, 4.69) is 10.5 Å². The zero-order chi connectivity index (χ0) is 14.5. The lowest BCUT2D eigenvalue weighted by Crippen LogP contribution is -2.18. The van der Waals surface area contributed by atoms with Crippen molar-refractivity contribution in [2.45, 2.75) is 13.8 Å². The van der Waals surface area contributed by atoms with Gasteiger partial charge in [0.05, 0.1) is 16.8 Å². The molecule has 2 aromatic rings. The van der Waals surface area contributed by atoms with E-state index in [0.29, 0.717) is 10.6 Å². The van der Waals surface area contributed by atoms with Gasteiger partial charge in [-0.1, -0.05) is 47.5 Å². The van der Waals surface area contributed by atoms with Crippen LogP contribution in [0.1, 0.15) is 27.0 Å². The van der Waals surface area contributed by atoms with E-state index in [1.165, 1.54) is 5.56 Å². The Balaban J connectivity index is 2.03. The van der Waals surface area contributed by atoms with Crippen molar-refractivity contribution in [1.29, 1.82) is 0 Å². The second-order valence-corrected chi connectivity index (χ2v) is 5.00. The first-order chi connectivity index (χ1) is 9.56. The van der Waals surface area contributed by atoms with Crippen LogP contribution in [0.25, 0.3) is 0 Å². The number of hydrazone groups is 1. The van der Waals surface area contributed by atoms with Crippen molar-refractivity contribution in [3.63, 3.8) is 0 Å². The first-order valence-electron chi connectivity index (χ1n) is 6.22. The van der Waals surface area contributed by atoms with Gasteiger partial charge in [-0.3, -0.25) is 4.79 Å². The molecule has 20 heavy (non-hydrogen) atoms. The maximum absolute atomic E-state index is 11.9. The molecule has 1 amide bonds. The number of hydrogen-bond acceptors (Lipinski definition) is 2. The summed E-state index contributed by atoms with van der Waals surface area (Å²) in [5.74, 6) is -0.321. The summed E-state index contributed by atoms with van der Waals surface area (Å²) in [6.45, 7) is 3.94. The highest BCUT2D eigenvalue weighted by atomic mass is 35.5. The largest absolute Gasteiger partial charge is 0.272 e. The van der Waals surface area contributed by atoms with Crippen LogP contribution in [0, 0.1) is 13.8 Å². The quantitative estimate of drug-likeness (QED) is 0.678. The molecule has 0 aliphatic rings. The van der Waals surface area contributed by atoms with Crippen LogP contribution in [0.5, 0.6) is 0 Å². The van der Waals surface area contributed by atoms with Gasteiger partial charge in [-0.15, -0.1) is 0 Å². The number of amides is 1. The molecule has 0 aromatic heterocycles. The topological polar surface area (TPSA) is 41.5 Å². The van der Waals surface area contributed by atoms with Crippen LogP contribution in [-0.2, 0) is 0 Å². The van der Waals surface area contributed by atoms with Crippen molar-refractivity contribution < 1.29 is 4.79 Å². The fraction of sp³-hybridized carbons (Fsp3) is 0.125. The predicted molar refractivity (Wildman–Crippen MR) is 82.4 cm³/mol. The highest BCUT2D eigenvalue weighted by Crippen LogP contribution is 2.17. The highest BCUT2D eigenvalue weighted by molar-refractivity contribution is 6.33. The Morgan fingerprint density at radius 2 is 1.75 bits per heavy atom. The number of benzene rings is 2. The molecular weight excluding hydrogens is 272 g/mol. The number of halogens is 1. The lowest BCUT2D eigenvalue weighted by atomic mass is 10.1. The van der Waals surface area contributed by atoms with E-state index in [0.717, 1.165) is 11.1 Å². The number of nitrogens with zero attached hydrogens (tertiary/aromatic N) is 1. The SMILES string of the molecule is Cc1ccc(/C=N/NC(=O)c2ccc(C)cc2Cl)cc1. The van der Waals surface area contributed by atoms with Gasteiger partial charge < -0.3 is 0 Å². The molecule has 0 spiro atoms. The molecule has 2 aromatic carbocycles.